The van der Waals surface area contributed by atoms with Gasteiger partial charge in [-0.2, -0.15) is 0 Å². The van der Waals surface area contributed by atoms with Crippen molar-refractivity contribution in [3.05, 3.63) is 0 Å². The van der Waals surface area contributed by atoms with Crippen LogP contribution < -0.4 is 0 Å². The van der Waals surface area contributed by atoms with Crippen LogP contribution in [-0.2, 0) is 65.4 Å². The summed E-state index contributed by atoms with van der Waals surface area (Å²) < 4.78 is 68.5. The third kappa shape index (κ3) is 70.3. The van der Waals surface area contributed by atoms with E-state index in [4.69, 9.17) is 37.0 Å². The van der Waals surface area contributed by atoms with Crippen molar-refractivity contribution in [1.82, 2.24) is 0 Å². The number of aliphatic hydroxyl groups excluding tert-OH is 1. The van der Waals surface area contributed by atoms with Crippen LogP contribution >= 0.6 is 15.6 Å². The molecule has 0 aliphatic rings. The van der Waals surface area contributed by atoms with Gasteiger partial charge in [-0.25, -0.2) is 9.13 Å². The van der Waals surface area contributed by atoms with Crippen molar-refractivity contribution in [1.29, 1.82) is 0 Å². The highest BCUT2D eigenvalue weighted by molar-refractivity contribution is 7.47. The number of hydrogen-bond donors (Lipinski definition) is 3. The lowest BCUT2D eigenvalue weighted by molar-refractivity contribution is -0.161. The molecular formula is C76H148O17P2. The Morgan fingerprint density at radius 2 is 0.484 bits per heavy atom. The molecule has 3 N–H and O–H groups in total. The number of hydrogen-bond acceptors (Lipinski definition) is 15. The lowest BCUT2D eigenvalue weighted by atomic mass is 10.0. The van der Waals surface area contributed by atoms with Gasteiger partial charge in [0.15, 0.2) is 12.2 Å². The second-order valence-corrected chi connectivity index (χ2v) is 30.8. The molecule has 0 heterocycles. The molecule has 19 heteroatoms. The van der Waals surface area contributed by atoms with Gasteiger partial charge >= 0.3 is 39.5 Å². The number of esters is 4. The summed E-state index contributed by atoms with van der Waals surface area (Å²) in [4.78, 5) is 72.7. The van der Waals surface area contributed by atoms with Crippen molar-refractivity contribution >= 4 is 39.5 Å². The summed E-state index contributed by atoms with van der Waals surface area (Å²) in [6.45, 7) is 7.21. The van der Waals surface area contributed by atoms with Crippen molar-refractivity contribution in [3.8, 4) is 0 Å². The first-order valence-corrected chi connectivity index (χ1v) is 42.6. The summed E-state index contributed by atoms with van der Waals surface area (Å²) >= 11 is 0. The van der Waals surface area contributed by atoms with E-state index in [2.05, 4.69) is 34.6 Å². The first-order chi connectivity index (χ1) is 46.0. The highest BCUT2D eigenvalue weighted by Crippen LogP contribution is 2.45. The van der Waals surface area contributed by atoms with Crippen molar-refractivity contribution in [2.75, 3.05) is 39.6 Å². The zero-order valence-corrected chi connectivity index (χ0v) is 63.6. The summed E-state index contributed by atoms with van der Waals surface area (Å²) in [5, 5.41) is 10.6. The van der Waals surface area contributed by atoms with Gasteiger partial charge < -0.3 is 33.8 Å². The molecule has 0 aromatic rings. The van der Waals surface area contributed by atoms with Crippen LogP contribution in [0.4, 0.5) is 0 Å². The molecular weight excluding hydrogens is 1250 g/mol. The smallest absolute Gasteiger partial charge is 0.462 e. The molecule has 0 aliphatic carbocycles. The molecule has 0 amide bonds. The van der Waals surface area contributed by atoms with Crippen LogP contribution in [0.25, 0.3) is 0 Å². The zero-order chi connectivity index (χ0) is 69.8. The zero-order valence-electron chi connectivity index (χ0n) is 61.8. The highest BCUT2D eigenvalue weighted by Gasteiger charge is 2.30. The minimum atomic E-state index is -4.96. The van der Waals surface area contributed by atoms with Crippen molar-refractivity contribution < 1.29 is 80.2 Å². The van der Waals surface area contributed by atoms with E-state index in [0.717, 1.165) is 96.3 Å². The van der Waals surface area contributed by atoms with Gasteiger partial charge in [0, 0.05) is 25.7 Å². The fraction of sp³-hybridized carbons (Fsp3) is 0.947. The van der Waals surface area contributed by atoms with Crippen molar-refractivity contribution in [2.24, 2.45) is 5.92 Å². The van der Waals surface area contributed by atoms with E-state index in [1.165, 1.54) is 218 Å². The van der Waals surface area contributed by atoms with Crippen LogP contribution in [-0.4, -0.2) is 96.7 Å². The quantitative estimate of drug-likeness (QED) is 0.0222. The fourth-order valence-electron chi connectivity index (χ4n) is 11.7. The predicted octanol–water partition coefficient (Wildman–Crippen LogP) is 22.5. The van der Waals surface area contributed by atoms with Crippen LogP contribution in [0, 0.1) is 5.92 Å². The third-order valence-corrected chi connectivity index (χ3v) is 19.7. The lowest BCUT2D eigenvalue weighted by Crippen LogP contribution is -2.30. The summed E-state index contributed by atoms with van der Waals surface area (Å²) in [6, 6.07) is 0. The van der Waals surface area contributed by atoms with E-state index in [0.29, 0.717) is 31.6 Å². The maximum Gasteiger partial charge on any atom is 0.472 e. The van der Waals surface area contributed by atoms with Gasteiger partial charge in [0.25, 0.3) is 0 Å². The van der Waals surface area contributed by atoms with E-state index < -0.39 is 97.5 Å². The van der Waals surface area contributed by atoms with Gasteiger partial charge in [-0.05, 0) is 31.6 Å². The maximum absolute atomic E-state index is 13.1. The standard InChI is InChI=1S/C76H148O17P2/c1-6-9-12-15-18-21-24-26-28-30-32-34-36-39-42-45-52-57-62-76(81)92-71(65-86-73(78)59-54-49-43-40-38-35-33-31-29-27-25-22-19-16-13-10-7-2)67-90-94(82,83)88-63-70(77)64-89-95(84,85)91-68-72(66-87-74(79)60-55-50-47-46-48-53-58-69(4)5)93-75(80)61-56-51-44-41-37-23-20-17-14-11-8-3/h69-72,77H,6-68H2,1-5H3,(H,82,83)(H,84,85)/t70-,71-,72-/m1/s1. The summed E-state index contributed by atoms with van der Waals surface area (Å²) in [5.41, 5.74) is 0. The molecule has 0 aromatic heterocycles. The molecule has 0 saturated heterocycles. The van der Waals surface area contributed by atoms with Crippen LogP contribution in [0.3, 0.4) is 0 Å². The second kappa shape index (κ2) is 69.2. The van der Waals surface area contributed by atoms with E-state index in [9.17, 15) is 43.2 Å². The molecule has 0 aliphatic heterocycles. The number of rotatable bonds is 76. The Hall–Kier alpha value is -1.94. The minimum Gasteiger partial charge on any atom is -0.462 e. The molecule has 0 bridgehead atoms. The Morgan fingerprint density at radius 1 is 0.284 bits per heavy atom. The number of unbranched alkanes of at least 4 members (excludes halogenated alkanes) is 48. The monoisotopic (exact) mass is 1400 g/mol. The number of aliphatic hydroxyl groups is 1. The summed E-state index contributed by atoms with van der Waals surface area (Å²) in [6.07, 6.45) is 58.4. The van der Waals surface area contributed by atoms with Crippen LogP contribution in [0.5, 0.6) is 0 Å². The number of carbonyl (C=O) groups is 4. The summed E-state index contributed by atoms with van der Waals surface area (Å²) in [5.74, 6) is -1.44. The molecule has 0 rings (SSSR count). The Kier molecular flexibility index (Phi) is 67.7. The number of phosphoric ester groups is 2. The molecule has 0 radical (unpaired) electrons. The molecule has 0 fully saturated rings. The molecule has 0 aromatic carbocycles. The Labute approximate surface area is 581 Å². The van der Waals surface area contributed by atoms with E-state index in [1.807, 2.05) is 0 Å². The van der Waals surface area contributed by atoms with Crippen molar-refractivity contribution in [3.63, 3.8) is 0 Å². The first-order valence-electron chi connectivity index (χ1n) is 39.6. The lowest BCUT2D eigenvalue weighted by Gasteiger charge is -2.21. The highest BCUT2D eigenvalue weighted by atomic mass is 31.2. The van der Waals surface area contributed by atoms with Gasteiger partial charge in [0.05, 0.1) is 26.4 Å². The van der Waals surface area contributed by atoms with Gasteiger partial charge in [0.1, 0.15) is 19.3 Å². The van der Waals surface area contributed by atoms with Crippen LogP contribution in [0.2, 0.25) is 0 Å². The topological polar surface area (TPSA) is 237 Å². The Balaban J connectivity index is 5.21. The van der Waals surface area contributed by atoms with Gasteiger partial charge in [-0.15, -0.1) is 0 Å². The molecule has 17 nitrogen and oxygen atoms in total. The Bertz CT molecular complexity index is 1820. The molecule has 5 atom stereocenters. The van der Waals surface area contributed by atoms with Gasteiger partial charge in [-0.3, -0.25) is 37.3 Å². The molecule has 0 spiro atoms. The van der Waals surface area contributed by atoms with Crippen LogP contribution in [0.1, 0.15) is 401 Å². The molecule has 0 saturated carbocycles. The largest absolute Gasteiger partial charge is 0.472 e. The predicted molar refractivity (Wildman–Crippen MR) is 386 cm³/mol. The normalized spacial score (nSPS) is 13.9. The van der Waals surface area contributed by atoms with Gasteiger partial charge in [0.2, 0.25) is 0 Å². The van der Waals surface area contributed by atoms with E-state index in [1.54, 1.807) is 0 Å². The number of carbonyl (C=O) groups excluding carboxylic acids is 4. The first kappa shape index (κ1) is 93.1. The average molecular weight is 1400 g/mol. The molecule has 564 valence electrons. The van der Waals surface area contributed by atoms with E-state index >= 15 is 0 Å². The average Bonchev–Trinajstić information content (AvgIpc) is 1.68. The SMILES string of the molecule is CCCCCCCCCCCCCCCCCCCCC(=O)O[C@H](COC(=O)CCCCCCCCCCCCCCCCCCC)COP(=O)(O)OC[C@@H](O)COP(=O)(O)OC[C@@H](COC(=O)CCCCCCCCC(C)C)OC(=O)CCCCCCCCCCCCC. The molecule has 95 heavy (non-hydrogen) atoms. The Morgan fingerprint density at radius 3 is 0.716 bits per heavy atom. The minimum absolute atomic E-state index is 0.106. The van der Waals surface area contributed by atoms with Gasteiger partial charge in [-0.1, -0.05) is 349 Å². The second-order valence-electron chi connectivity index (χ2n) is 27.9. The number of phosphoric acid groups is 2. The fourth-order valence-corrected chi connectivity index (χ4v) is 13.3. The van der Waals surface area contributed by atoms with Crippen molar-refractivity contribution in [2.45, 2.75) is 419 Å². The molecule has 2 unspecified atom stereocenters. The maximum atomic E-state index is 13.1. The van der Waals surface area contributed by atoms with E-state index in [-0.39, 0.29) is 25.7 Å². The van der Waals surface area contributed by atoms with Crippen LogP contribution in [0.15, 0.2) is 0 Å². The number of ether oxygens (including phenoxy) is 4. The summed E-state index contributed by atoms with van der Waals surface area (Å²) in [7, 11) is -9.91. The third-order valence-electron chi connectivity index (χ3n) is 17.8.